The molecule has 0 radical (unpaired) electrons. The number of rotatable bonds is 0. The van der Waals surface area contributed by atoms with E-state index in [0.29, 0.717) is 5.78 Å². The monoisotopic (exact) mass is 238 g/mol. The molecule has 0 N–H and O–H groups in total. The molecule has 0 bridgehead atoms. The molecule has 1 nitrogen and oxygen atoms in total. The van der Waals surface area contributed by atoms with E-state index in [2.05, 4.69) is 69.2 Å². The predicted molar refractivity (Wildman–Crippen MR) is 73.9 cm³/mol. The fraction of sp³-hybridized carbons (Fsp3) is 0.938. The summed E-state index contributed by atoms with van der Waals surface area (Å²) in [4.78, 5) is 12.9. The quantitative estimate of drug-likeness (QED) is 0.598. The first-order valence-corrected chi connectivity index (χ1v) is 6.70. The molecule has 0 atom stereocenters. The van der Waals surface area contributed by atoms with Gasteiger partial charge in [-0.15, -0.1) is 0 Å². The Kier molecular flexibility index (Phi) is 2.74. The Morgan fingerprint density at radius 1 is 0.529 bits per heavy atom. The Balaban J connectivity index is 3.62. The van der Waals surface area contributed by atoms with Crippen molar-refractivity contribution in [2.45, 2.75) is 69.2 Å². The van der Waals surface area contributed by atoms with Gasteiger partial charge in [-0.2, -0.15) is 0 Å². The van der Waals surface area contributed by atoms with Crippen LogP contribution in [0.15, 0.2) is 0 Å². The molecule has 0 aliphatic heterocycles. The highest BCUT2D eigenvalue weighted by molar-refractivity contribution is 5.92. The van der Waals surface area contributed by atoms with Crippen molar-refractivity contribution in [3.63, 3.8) is 0 Å². The van der Waals surface area contributed by atoms with E-state index in [4.69, 9.17) is 0 Å². The minimum absolute atomic E-state index is 0.0178. The lowest BCUT2D eigenvalue weighted by Crippen LogP contribution is -2.67. The minimum Gasteiger partial charge on any atom is -0.298 e. The van der Waals surface area contributed by atoms with Crippen molar-refractivity contribution in [1.82, 2.24) is 0 Å². The molecular weight excluding hydrogens is 208 g/mol. The van der Waals surface area contributed by atoms with Gasteiger partial charge in [0, 0.05) is 10.8 Å². The number of carbonyl (C=O) groups is 1. The summed E-state index contributed by atoms with van der Waals surface area (Å²) >= 11 is 0. The molecule has 0 spiro atoms. The normalized spacial score (nSPS) is 32.2. The van der Waals surface area contributed by atoms with Gasteiger partial charge in [0.25, 0.3) is 0 Å². The van der Waals surface area contributed by atoms with E-state index >= 15 is 0 Å². The van der Waals surface area contributed by atoms with Gasteiger partial charge in [0.15, 0.2) is 0 Å². The van der Waals surface area contributed by atoms with Gasteiger partial charge in [-0.1, -0.05) is 69.2 Å². The first-order chi connectivity index (χ1) is 7.15. The van der Waals surface area contributed by atoms with Crippen LogP contribution in [0.25, 0.3) is 0 Å². The second kappa shape index (κ2) is 3.16. The van der Waals surface area contributed by atoms with Crippen molar-refractivity contribution in [3.05, 3.63) is 0 Å². The van der Waals surface area contributed by atoms with Gasteiger partial charge in [-0.05, 0) is 16.2 Å². The minimum atomic E-state index is -0.282. The maximum atomic E-state index is 12.9. The number of ketones is 1. The van der Waals surface area contributed by atoms with Crippen LogP contribution in [0, 0.1) is 27.1 Å². The number of Topliss-reactive ketones (excluding diaryl/α,β-unsaturated/α-hetero) is 1. The summed E-state index contributed by atoms with van der Waals surface area (Å²) in [5.41, 5.74) is -0.502. The van der Waals surface area contributed by atoms with Gasteiger partial charge in [0.05, 0.1) is 0 Å². The maximum absolute atomic E-state index is 12.9. The number of hydrogen-bond acceptors (Lipinski definition) is 1. The van der Waals surface area contributed by atoms with Crippen LogP contribution in [0.4, 0.5) is 0 Å². The number of hydrogen-bond donors (Lipinski definition) is 0. The van der Waals surface area contributed by atoms with Gasteiger partial charge in [0.2, 0.25) is 0 Å². The lowest BCUT2D eigenvalue weighted by atomic mass is 9.35. The van der Waals surface area contributed by atoms with E-state index < -0.39 is 0 Å². The summed E-state index contributed by atoms with van der Waals surface area (Å²) in [5, 5.41) is 0. The molecule has 1 aliphatic rings. The summed E-state index contributed by atoms with van der Waals surface area (Å²) in [7, 11) is 0. The van der Waals surface area contributed by atoms with Crippen molar-refractivity contribution in [3.8, 4) is 0 Å². The fourth-order valence-electron chi connectivity index (χ4n) is 3.69. The zero-order chi connectivity index (χ0) is 14.1. The van der Waals surface area contributed by atoms with Crippen LogP contribution in [0.1, 0.15) is 69.2 Å². The average Bonchev–Trinajstić information content (AvgIpc) is 2.13. The van der Waals surface area contributed by atoms with E-state index in [9.17, 15) is 4.79 Å². The van der Waals surface area contributed by atoms with Crippen molar-refractivity contribution < 1.29 is 4.79 Å². The smallest absolute Gasteiger partial charge is 0.145 e. The predicted octanol–water partition coefficient (Wildman–Crippen LogP) is 4.70. The molecule has 100 valence electrons. The zero-order valence-electron chi connectivity index (χ0n) is 13.4. The topological polar surface area (TPSA) is 17.1 Å². The van der Waals surface area contributed by atoms with Crippen LogP contribution in [0.2, 0.25) is 0 Å². The van der Waals surface area contributed by atoms with Crippen LogP contribution in [0.5, 0.6) is 0 Å². The molecular formula is C16H30O. The second-order valence-corrected chi connectivity index (χ2v) is 8.45. The van der Waals surface area contributed by atoms with E-state index in [0.717, 1.165) is 0 Å². The zero-order valence-corrected chi connectivity index (χ0v) is 13.4. The first kappa shape index (κ1) is 14.7. The summed E-state index contributed by atoms with van der Waals surface area (Å²) in [5.74, 6) is 0.402. The second-order valence-electron chi connectivity index (χ2n) is 8.45. The molecule has 1 aliphatic carbocycles. The summed E-state index contributed by atoms with van der Waals surface area (Å²) < 4.78 is 0. The standard InChI is InChI=1S/C16H30O/c1-12(2)11(17)13(3,4)15(7,8)16(9,10)14(12,5)6/h1-10H3. The van der Waals surface area contributed by atoms with Crippen molar-refractivity contribution in [1.29, 1.82) is 0 Å². The Hall–Kier alpha value is -0.330. The largest absolute Gasteiger partial charge is 0.298 e. The molecule has 1 rings (SSSR count). The Bertz CT molecular complexity index is 322. The van der Waals surface area contributed by atoms with E-state index in [-0.39, 0.29) is 27.1 Å². The molecule has 0 aromatic heterocycles. The maximum Gasteiger partial charge on any atom is 0.145 e. The molecule has 1 fully saturated rings. The van der Waals surface area contributed by atoms with Gasteiger partial charge >= 0.3 is 0 Å². The van der Waals surface area contributed by atoms with Crippen molar-refractivity contribution >= 4 is 5.78 Å². The van der Waals surface area contributed by atoms with E-state index in [1.807, 2.05) is 0 Å². The highest BCUT2D eigenvalue weighted by Gasteiger charge is 2.68. The molecule has 0 amide bonds. The van der Waals surface area contributed by atoms with Crippen molar-refractivity contribution in [2.75, 3.05) is 0 Å². The van der Waals surface area contributed by atoms with Crippen molar-refractivity contribution in [2.24, 2.45) is 27.1 Å². The van der Waals surface area contributed by atoms with E-state index in [1.54, 1.807) is 0 Å². The Morgan fingerprint density at radius 2 is 0.765 bits per heavy atom. The summed E-state index contributed by atoms with van der Waals surface area (Å²) in [6.07, 6.45) is 0. The SMILES string of the molecule is CC1(C)C(=O)C(C)(C)C(C)(C)C(C)(C)C1(C)C. The molecule has 1 heteroatoms. The Morgan fingerprint density at radius 3 is 1.00 bits per heavy atom. The summed E-state index contributed by atoms with van der Waals surface area (Å²) in [6.45, 7) is 22.1. The third kappa shape index (κ3) is 1.29. The number of carbonyl (C=O) groups excluding carboxylic acids is 1. The average molecular weight is 238 g/mol. The van der Waals surface area contributed by atoms with Crippen LogP contribution < -0.4 is 0 Å². The van der Waals surface area contributed by atoms with Crippen LogP contribution in [-0.2, 0) is 4.79 Å². The highest BCUT2D eigenvalue weighted by atomic mass is 16.1. The molecule has 1 saturated carbocycles. The molecule has 0 aromatic carbocycles. The third-order valence-corrected chi connectivity index (χ3v) is 7.39. The van der Waals surface area contributed by atoms with Crippen LogP contribution in [-0.4, -0.2) is 5.78 Å². The third-order valence-electron chi connectivity index (χ3n) is 7.39. The lowest BCUT2D eigenvalue weighted by Gasteiger charge is -2.68. The van der Waals surface area contributed by atoms with Crippen LogP contribution >= 0.6 is 0 Å². The van der Waals surface area contributed by atoms with E-state index in [1.165, 1.54) is 0 Å². The van der Waals surface area contributed by atoms with Gasteiger partial charge in [-0.25, -0.2) is 0 Å². The molecule has 0 unspecified atom stereocenters. The molecule has 0 saturated heterocycles. The fourth-order valence-corrected chi connectivity index (χ4v) is 3.69. The lowest BCUT2D eigenvalue weighted by molar-refractivity contribution is -0.204. The van der Waals surface area contributed by atoms with Gasteiger partial charge in [-0.3, -0.25) is 4.79 Å². The highest BCUT2D eigenvalue weighted by Crippen LogP contribution is 2.70. The molecule has 0 aromatic rings. The van der Waals surface area contributed by atoms with Gasteiger partial charge in [0.1, 0.15) is 5.78 Å². The van der Waals surface area contributed by atoms with Crippen LogP contribution in [0.3, 0.4) is 0 Å². The summed E-state index contributed by atoms with van der Waals surface area (Å²) in [6, 6.07) is 0. The Labute approximate surface area is 107 Å². The van der Waals surface area contributed by atoms with Gasteiger partial charge < -0.3 is 0 Å². The first-order valence-electron chi connectivity index (χ1n) is 6.70. The molecule has 17 heavy (non-hydrogen) atoms. The molecule has 0 heterocycles.